The van der Waals surface area contributed by atoms with Crippen LogP contribution < -0.4 is 0 Å². The van der Waals surface area contributed by atoms with Gasteiger partial charge >= 0.3 is 0 Å². The van der Waals surface area contributed by atoms with Crippen LogP contribution in [0.15, 0.2) is 36.4 Å². The van der Waals surface area contributed by atoms with E-state index in [4.69, 9.17) is 9.10 Å². The van der Waals surface area contributed by atoms with Crippen LogP contribution in [0, 0.1) is 13.8 Å². The molecule has 0 radical (unpaired) electrons. The number of aryl methyl sites for hydroxylation is 2. The molecule has 1 aliphatic heterocycles. The number of hydrogen-bond acceptors (Lipinski definition) is 1. The largest absolute Gasteiger partial charge is 0.295 e. The Labute approximate surface area is 152 Å². The topological polar surface area (TPSA) is 17.3 Å². The van der Waals surface area contributed by atoms with Gasteiger partial charge in [0.15, 0.2) is 0 Å². The summed E-state index contributed by atoms with van der Waals surface area (Å²) in [6.45, 7) is 8.94. The number of benzene rings is 2. The van der Waals surface area contributed by atoms with Gasteiger partial charge in [-0.15, -0.1) is 0 Å². The SMILES string of the molecule is [2H]C([2H])([2H])c1ccc2c3c1c1ccccc1c1nc(C)c(n13)C(C)(C)C2(C)C. The van der Waals surface area contributed by atoms with Crippen molar-refractivity contribution in [2.75, 3.05) is 0 Å². The van der Waals surface area contributed by atoms with E-state index in [0.29, 0.717) is 5.56 Å². The second kappa shape index (κ2) is 4.24. The van der Waals surface area contributed by atoms with E-state index < -0.39 is 6.85 Å². The average molecular weight is 331 g/mol. The lowest BCUT2D eigenvalue weighted by Crippen LogP contribution is -2.44. The molecule has 2 aromatic carbocycles. The van der Waals surface area contributed by atoms with Crippen molar-refractivity contribution in [3.8, 4) is 0 Å². The fourth-order valence-corrected chi connectivity index (χ4v) is 4.79. The van der Waals surface area contributed by atoms with Crippen molar-refractivity contribution in [3.63, 3.8) is 0 Å². The van der Waals surface area contributed by atoms with Crippen molar-refractivity contribution in [2.24, 2.45) is 0 Å². The van der Waals surface area contributed by atoms with Crippen molar-refractivity contribution >= 4 is 27.3 Å². The fourth-order valence-electron chi connectivity index (χ4n) is 4.79. The molecule has 0 aliphatic carbocycles. The van der Waals surface area contributed by atoms with Gasteiger partial charge in [0.1, 0.15) is 5.65 Å². The Morgan fingerprint density at radius 1 is 0.960 bits per heavy atom. The quantitative estimate of drug-likeness (QED) is 0.371. The van der Waals surface area contributed by atoms with Crippen LogP contribution in [0.25, 0.3) is 27.3 Å². The lowest BCUT2D eigenvalue weighted by Gasteiger charge is -2.46. The predicted octanol–water partition coefficient (Wildman–Crippen LogP) is 5.83. The van der Waals surface area contributed by atoms with Gasteiger partial charge in [-0.25, -0.2) is 4.98 Å². The second-order valence-electron chi connectivity index (χ2n) is 8.38. The molecule has 126 valence electrons. The molecule has 0 amide bonds. The smallest absolute Gasteiger partial charge is 0.145 e. The van der Waals surface area contributed by atoms with Crippen molar-refractivity contribution in [1.29, 1.82) is 0 Å². The molecule has 2 nitrogen and oxygen atoms in total. The molecule has 2 heteroatoms. The zero-order valence-electron chi connectivity index (χ0n) is 18.4. The monoisotopic (exact) mass is 331 g/mol. The number of rotatable bonds is 0. The maximum absolute atomic E-state index is 8.17. The van der Waals surface area contributed by atoms with Crippen LogP contribution in [0.1, 0.15) is 54.3 Å². The van der Waals surface area contributed by atoms with Crippen molar-refractivity contribution in [1.82, 2.24) is 9.38 Å². The number of pyridine rings is 1. The predicted molar refractivity (Wildman–Crippen MR) is 106 cm³/mol. The summed E-state index contributed by atoms with van der Waals surface area (Å²) in [5, 5.41) is 2.80. The van der Waals surface area contributed by atoms with E-state index in [1.807, 2.05) is 30.3 Å². The molecular formula is C23H24N2. The molecule has 3 heterocycles. The number of aromatic nitrogens is 2. The van der Waals surface area contributed by atoms with E-state index in [1.165, 1.54) is 11.3 Å². The Morgan fingerprint density at radius 3 is 2.40 bits per heavy atom. The van der Waals surface area contributed by atoms with Gasteiger partial charge in [0.25, 0.3) is 0 Å². The highest BCUT2D eigenvalue weighted by Crippen LogP contribution is 2.52. The molecule has 5 rings (SSSR count). The first-order valence-electron chi connectivity index (χ1n) is 10.4. The molecule has 25 heavy (non-hydrogen) atoms. The first-order valence-corrected chi connectivity index (χ1v) is 8.86. The molecule has 0 saturated heterocycles. The molecule has 0 unspecified atom stereocenters. The van der Waals surface area contributed by atoms with Crippen LogP contribution in [-0.2, 0) is 10.8 Å². The lowest BCUT2D eigenvalue weighted by molar-refractivity contribution is 0.287. The van der Waals surface area contributed by atoms with E-state index in [1.54, 1.807) is 0 Å². The summed E-state index contributed by atoms with van der Waals surface area (Å²) in [5.41, 5.74) is 5.39. The maximum atomic E-state index is 8.17. The van der Waals surface area contributed by atoms with Crippen molar-refractivity contribution < 1.29 is 4.11 Å². The van der Waals surface area contributed by atoms with E-state index in [-0.39, 0.29) is 10.8 Å². The Hall–Kier alpha value is -2.35. The molecule has 0 spiro atoms. The molecule has 1 aliphatic rings. The minimum atomic E-state index is -2.18. The molecule has 0 N–H and O–H groups in total. The number of hydrogen-bond donors (Lipinski definition) is 0. The van der Waals surface area contributed by atoms with E-state index >= 15 is 0 Å². The maximum Gasteiger partial charge on any atom is 0.145 e. The summed E-state index contributed by atoms with van der Waals surface area (Å²) >= 11 is 0. The average Bonchev–Trinajstić information content (AvgIpc) is 2.97. The normalized spacial score (nSPS) is 20.1. The van der Waals surface area contributed by atoms with Crippen LogP contribution in [0.4, 0.5) is 0 Å². The number of imidazole rings is 1. The number of nitrogens with zero attached hydrogens (tertiary/aromatic N) is 2. The van der Waals surface area contributed by atoms with Gasteiger partial charge in [-0.3, -0.25) is 4.40 Å². The Morgan fingerprint density at radius 2 is 1.68 bits per heavy atom. The third-order valence-electron chi connectivity index (χ3n) is 6.72. The highest BCUT2D eigenvalue weighted by atomic mass is 15.1. The first kappa shape index (κ1) is 12.1. The summed E-state index contributed by atoms with van der Waals surface area (Å²) in [6.07, 6.45) is 0. The standard InChI is InChI=1S/C23H24N2/c1-13-11-12-17-19-18(13)15-9-7-8-10-16(15)21-24-14(2)20(25(19)21)23(5,6)22(17,3)4/h7-12H,1-6H3/i1D3. The molecular weight excluding hydrogens is 304 g/mol. The van der Waals surface area contributed by atoms with E-state index in [0.717, 1.165) is 33.0 Å². The summed E-state index contributed by atoms with van der Waals surface area (Å²) in [5.74, 6) is 0. The molecule has 0 atom stereocenters. The van der Waals surface area contributed by atoms with Gasteiger partial charge in [-0.1, -0.05) is 64.1 Å². The number of fused-ring (bicyclic) bond motifs is 3. The Balaban J connectivity index is 2.23. The first-order chi connectivity index (χ1) is 13.0. The minimum Gasteiger partial charge on any atom is -0.295 e. The Kier molecular flexibility index (Phi) is 2.05. The zero-order chi connectivity index (χ0) is 20.2. The van der Waals surface area contributed by atoms with Crippen LogP contribution in [0.5, 0.6) is 0 Å². The molecule has 0 bridgehead atoms. The van der Waals surface area contributed by atoms with Gasteiger partial charge < -0.3 is 0 Å². The zero-order valence-corrected chi connectivity index (χ0v) is 15.4. The van der Waals surface area contributed by atoms with Gasteiger partial charge in [0, 0.05) is 25.7 Å². The highest BCUT2D eigenvalue weighted by Gasteiger charge is 2.47. The lowest BCUT2D eigenvalue weighted by atomic mass is 9.60. The molecule has 0 fully saturated rings. The van der Waals surface area contributed by atoms with Crippen LogP contribution in [-0.4, -0.2) is 9.38 Å². The van der Waals surface area contributed by atoms with Crippen molar-refractivity contribution in [3.05, 3.63) is 58.9 Å². The molecule has 2 aromatic heterocycles. The second-order valence-corrected chi connectivity index (χ2v) is 8.38. The van der Waals surface area contributed by atoms with Crippen molar-refractivity contribution in [2.45, 2.75) is 52.3 Å². The van der Waals surface area contributed by atoms with Gasteiger partial charge in [0.05, 0.1) is 16.9 Å². The summed E-state index contributed by atoms with van der Waals surface area (Å²) in [4.78, 5) is 4.97. The van der Waals surface area contributed by atoms with E-state index in [9.17, 15) is 0 Å². The highest BCUT2D eigenvalue weighted by molar-refractivity contribution is 6.14. The molecule has 0 saturated carbocycles. The van der Waals surface area contributed by atoms with E-state index in [2.05, 4.69) is 45.1 Å². The fraction of sp³-hybridized carbons (Fsp3) is 0.348. The third kappa shape index (κ3) is 1.50. The molecule has 4 aromatic rings. The summed E-state index contributed by atoms with van der Waals surface area (Å²) in [6, 6.07) is 11.9. The van der Waals surface area contributed by atoms with Gasteiger partial charge in [-0.2, -0.15) is 0 Å². The van der Waals surface area contributed by atoms with Gasteiger partial charge in [0.2, 0.25) is 0 Å². The Bertz CT molecular complexity index is 1310. The third-order valence-corrected chi connectivity index (χ3v) is 6.72. The van der Waals surface area contributed by atoms with Crippen LogP contribution >= 0.6 is 0 Å². The van der Waals surface area contributed by atoms with Crippen LogP contribution in [0.2, 0.25) is 0 Å². The van der Waals surface area contributed by atoms with Crippen LogP contribution in [0.3, 0.4) is 0 Å². The minimum absolute atomic E-state index is 0.152. The van der Waals surface area contributed by atoms with Gasteiger partial charge in [-0.05, 0) is 30.3 Å². The summed E-state index contributed by atoms with van der Waals surface area (Å²) < 4.78 is 26.8. The summed E-state index contributed by atoms with van der Waals surface area (Å²) in [7, 11) is 0.